The van der Waals surface area contributed by atoms with Crippen LogP contribution in [0.4, 0.5) is 14.5 Å². The number of aromatic nitrogens is 1. The van der Waals surface area contributed by atoms with E-state index in [-0.39, 0.29) is 34.3 Å². The number of amides is 1. The molecule has 1 amide bonds. The monoisotopic (exact) mass is 640 g/mol. The summed E-state index contributed by atoms with van der Waals surface area (Å²) in [5.74, 6) is -0.436. The Kier molecular flexibility index (Phi) is 7.45. The van der Waals surface area contributed by atoms with Gasteiger partial charge >= 0.3 is 6.29 Å². The van der Waals surface area contributed by atoms with Crippen molar-refractivity contribution in [2.75, 3.05) is 11.9 Å². The zero-order valence-corrected chi connectivity index (χ0v) is 26.1. The summed E-state index contributed by atoms with van der Waals surface area (Å²) in [6.45, 7) is 7.60. The average Bonchev–Trinajstić information content (AvgIpc) is 3.60. The Morgan fingerprint density at radius 1 is 1.02 bits per heavy atom. The highest BCUT2D eigenvalue weighted by atomic mass is 32.2. The van der Waals surface area contributed by atoms with Crippen molar-refractivity contribution in [1.29, 1.82) is 0 Å². The summed E-state index contributed by atoms with van der Waals surface area (Å²) in [5.41, 5.74) is 2.53. The standard InChI is InChI=1S/C33H34F2N2O7S/c1-20-5-9-25(10-6-20)45(40,41)42-19-24(38)18-37-26-11-8-23(15-21(26)16-29(37)31(2,3)4)36-30(39)32(13-14-32)22-7-12-27-28(17-22)44-33(34,35)43-27/h5-12,15-17,24,38H,13-14,18-19H2,1-4H3,(H,36,39)/t24-/m1/s1. The van der Waals surface area contributed by atoms with E-state index in [1.807, 2.05) is 50.5 Å². The number of ether oxygens (including phenoxy) is 2. The highest BCUT2D eigenvalue weighted by molar-refractivity contribution is 7.86. The SMILES string of the molecule is Cc1ccc(S(=O)(=O)OC[C@H](O)Cn2c(C(C)(C)C)cc3cc(NC(=O)C4(c5ccc6c(c5)OC(F)(F)O6)CC4)ccc32)cc1. The Balaban J connectivity index is 1.19. The number of halogens is 2. The molecule has 4 aromatic rings. The summed E-state index contributed by atoms with van der Waals surface area (Å²) in [7, 11) is -4.04. The lowest BCUT2D eigenvalue weighted by Crippen LogP contribution is -2.28. The molecule has 0 radical (unpaired) electrons. The number of benzene rings is 3. The normalized spacial score (nSPS) is 17.3. The molecule has 3 aromatic carbocycles. The van der Waals surface area contributed by atoms with Gasteiger partial charge in [0.15, 0.2) is 11.5 Å². The minimum Gasteiger partial charge on any atom is -0.395 e. The van der Waals surface area contributed by atoms with Crippen LogP contribution in [0.1, 0.15) is 50.4 Å². The lowest BCUT2D eigenvalue weighted by atomic mass is 9.92. The fraction of sp³-hybridized carbons (Fsp3) is 0.364. The number of aliphatic hydroxyl groups excluding tert-OH is 1. The van der Waals surface area contributed by atoms with Gasteiger partial charge in [-0.3, -0.25) is 8.98 Å². The van der Waals surface area contributed by atoms with Crippen molar-refractivity contribution in [2.24, 2.45) is 0 Å². The number of aliphatic hydroxyl groups is 1. The molecule has 1 aliphatic carbocycles. The molecule has 45 heavy (non-hydrogen) atoms. The number of hydrogen-bond acceptors (Lipinski definition) is 7. The van der Waals surface area contributed by atoms with E-state index in [4.69, 9.17) is 4.18 Å². The fourth-order valence-corrected chi connectivity index (χ4v) is 6.58. The Labute approximate surface area is 259 Å². The molecule has 12 heteroatoms. The number of rotatable bonds is 9. The van der Waals surface area contributed by atoms with Crippen LogP contribution in [0.5, 0.6) is 11.5 Å². The first kappa shape index (κ1) is 31.0. The van der Waals surface area contributed by atoms with E-state index in [1.165, 1.54) is 24.3 Å². The number of nitrogens with zero attached hydrogens (tertiary/aromatic N) is 1. The van der Waals surface area contributed by atoms with Crippen molar-refractivity contribution in [3.63, 3.8) is 0 Å². The molecular formula is C33H34F2N2O7S. The maximum absolute atomic E-state index is 13.5. The van der Waals surface area contributed by atoms with Gasteiger partial charge in [0.25, 0.3) is 10.1 Å². The second-order valence-electron chi connectivity index (χ2n) is 12.7. The third kappa shape index (κ3) is 6.14. The van der Waals surface area contributed by atoms with Crippen molar-refractivity contribution >= 4 is 32.6 Å². The maximum atomic E-state index is 13.5. The van der Waals surface area contributed by atoms with Crippen LogP contribution in [-0.2, 0) is 36.5 Å². The molecule has 9 nitrogen and oxygen atoms in total. The number of hydrogen-bond donors (Lipinski definition) is 2. The third-order valence-corrected chi connectivity index (χ3v) is 9.48. The second-order valence-corrected chi connectivity index (χ2v) is 14.3. The Hall–Kier alpha value is -4.00. The van der Waals surface area contributed by atoms with Crippen molar-refractivity contribution in [3.8, 4) is 11.5 Å². The van der Waals surface area contributed by atoms with Gasteiger partial charge in [0, 0.05) is 27.7 Å². The Morgan fingerprint density at radius 2 is 1.71 bits per heavy atom. The largest absolute Gasteiger partial charge is 0.586 e. The summed E-state index contributed by atoms with van der Waals surface area (Å²) < 4.78 is 68.5. The molecule has 0 saturated heterocycles. The van der Waals surface area contributed by atoms with Crippen LogP contribution in [0, 0.1) is 6.92 Å². The van der Waals surface area contributed by atoms with Gasteiger partial charge in [-0.25, -0.2) is 0 Å². The van der Waals surface area contributed by atoms with Crippen molar-refractivity contribution in [3.05, 3.63) is 83.6 Å². The number of nitrogens with one attached hydrogen (secondary N) is 1. The predicted molar refractivity (Wildman–Crippen MR) is 163 cm³/mol. The molecule has 1 aliphatic heterocycles. The number of carbonyl (C=O) groups excluding carboxylic acids is 1. The molecule has 1 saturated carbocycles. The molecule has 238 valence electrons. The van der Waals surface area contributed by atoms with Gasteiger partial charge < -0.3 is 24.5 Å². The van der Waals surface area contributed by atoms with Crippen LogP contribution in [-0.4, -0.2) is 43.0 Å². The van der Waals surface area contributed by atoms with Crippen molar-refractivity contribution < 1.29 is 40.8 Å². The number of anilines is 1. The third-order valence-electron chi connectivity index (χ3n) is 8.18. The first-order chi connectivity index (χ1) is 21.1. The van der Waals surface area contributed by atoms with E-state index in [9.17, 15) is 27.1 Å². The molecule has 1 fully saturated rings. The van der Waals surface area contributed by atoms with Gasteiger partial charge in [0.1, 0.15) is 0 Å². The van der Waals surface area contributed by atoms with Crippen LogP contribution in [0.15, 0.2) is 71.6 Å². The zero-order chi connectivity index (χ0) is 32.4. The molecule has 1 aromatic heterocycles. The number of carbonyl (C=O) groups is 1. The molecule has 0 unspecified atom stereocenters. The van der Waals surface area contributed by atoms with Crippen molar-refractivity contribution in [1.82, 2.24) is 4.57 Å². The van der Waals surface area contributed by atoms with Gasteiger partial charge in [0.2, 0.25) is 5.91 Å². The summed E-state index contributed by atoms with van der Waals surface area (Å²) in [6.07, 6.45) is -3.75. The molecule has 2 N–H and O–H groups in total. The molecule has 0 spiro atoms. The average molecular weight is 641 g/mol. The zero-order valence-electron chi connectivity index (χ0n) is 25.3. The van der Waals surface area contributed by atoms with Crippen LogP contribution in [0.2, 0.25) is 0 Å². The topological polar surface area (TPSA) is 116 Å². The summed E-state index contributed by atoms with van der Waals surface area (Å²) >= 11 is 0. The van der Waals surface area contributed by atoms with Gasteiger partial charge in [-0.2, -0.15) is 8.42 Å². The van der Waals surface area contributed by atoms with Crippen LogP contribution in [0.25, 0.3) is 10.9 Å². The van der Waals surface area contributed by atoms with E-state index >= 15 is 0 Å². The van der Waals surface area contributed by atoms with Crippen LogP contribution >= 0.6 is 0 Å². The van der Waals surface area contributed by atoms with Crippen LogP contribution in [0.3, 0.4) is 0 Å². The highest BCUT2D eigenvalue weighted by Crippen LogP contribution is 2.52. The van der Waals surface area contributed by atoms with Gasteiger partial charge in [-0.15, -0.1) is 8.78 Å². The van der Waals surface area contributed by atoms with E-state index in [0.29, 0.717) is 24.1 Å². The first-order valence-corrected chi connectivity index (χ1v) is 16.0. The number of fused-ring (bicyclic) bond motifs is 2. The number of aryl methyl sites for hydroxylation is 1. The van der Waals surface area contributed by atoms with Crippen molar-refractivity contribution in [2.45, 2.75) is 75.2 Å². The molecule has 6 rings (SSSR count). The lowest BCUT2D eigenvalue weighted by molar-refractivity contribution is -0.286. The smallest absolute Gasteiger partial charge is 0.395 e. The van der Waals surface area contributed by atoms with Gasteiger partial charge in [-0.05, 0) is 73.9 Å². The van der Waals surface area contributed by atoms with Gasteiger partial charge in [-0.1, -0.05) is 44.5 Å². The van der Waals surface area contributed by atoms with E-state index < -0.39 is 34.5 Å². The quantitative estimate of drug-likeness (QED) is 0.216. The fourth-order valence-electron chi connectivity index (χ4n) is 5.64. The maximum Gasteiger partial charge on any atom is 0.586 e. The van der Waals surface area contributed by atoms with E-state index in [0.717, 1.165) is 22.2 Å². The number of alkyl halides is 2. The molecule has 2 heterocycles. The van der Waals surface area contributed by atoms with Gasteiger partial charge in [0.05, 0.1) is 29.6 Å². The summed E-state index contributed by atoms with van der Waals surface area (Å²) in [6, 6.07) is 18.1. The van der Waals surface area contributed by atoms with E-state index in [2.05, 4.69) is 14.8 Å². The molecule has 2 aliphatic rings. The Morgan fingerprint density at radius 3 is 2.38 bits per heavy atom. The molecular weight excluding hydrogens is 606 g/mol. The molecule has 0 bridgehead atoms. The van der Waals surface area contributed by atoms with Crippen LogP contribution < -0.4 is 14.8 Å². The molecule has 1 atom stereocenters. The Bertz CT molecular complexity index is 1890. The second kappa shape index (κ2) is 10.8. The summed E-state index contributed by atoms with van der Waals surface area (Å²) in [4.78, 5) is 13.5. The highest BCUT2D eigenvalue weighted by Gasteiger charge is 2.52. The lowest BCUT2D eigenvalue weighted by Gasteiger charge is -2.24. The summed E-state index contributed by atoms with van der Waals surface area (Å²) in [5, 5.41) is 14.7. The minimum atomic E-state index is -4.04. The first-order valence-electron chi connectivity index (χ1n) is 14.6. The van der Waals surface area contributed by atoms with E-state index in [1.54, 1.807) is 24.3 Å². The minimum absolute atomic E-state index is 0.0183. The predicted octanol–water partition coefficient (Wildman–Crippen LogP) is 6.01.